The second-order valence-electron chi connectivity index (χ2n) is 6.41. The van der Waals surface area contributed by atoms with E-state index in [2.05, 4.69) is 24.1 Å². The fourth-order valence-electron chi connectivity index (χ4n) is 3.44. The highest BCUT2D eigenvalue weighted by Gasteiger charge is 2.37. The van der Waals surface area contributed by atoms with Crippen molar-refractivity contribution in [2.45, 2.75) is 45.6 Å². The first-order valence-corrected chi connectivity index (χ1v) is 8.40. The quantitative estimate of drug-likeness (QED) is 0.690. The van der Waals surface area contributed by atoms with E-state index in [0.29, 0.717) is 11.5 Å². The summed E-state index contributed by atoms with van der Waals surface area (Å²) in [5.41, 5.74) is 0.341. The third kappa shape index (κ3) is 4.69. The standard InChI is InChI=1S/C16H32N2O2/c1-3-8-17-12-16(7-11-19-14-16)13-18-9-5-15(6-10-18)20-4-2/h15,17H,3-14H2,1-2H3. The fraction of sp³-hybridized carbons (Fsp3) is 1.00. The van der Waals surface area contributed by atoms with Gasteiger partial charge in [0.05, 0.1) is 12.7 Å². The first-order valence-electron chi connectivity index (χ1n) is 8.40. The van der Waals surface area contributed by atoms with Crippen molar-refractivity contribution in [3.05, 3.63) is 0 Å². The van der Waals surface area contributed by atoms with Gasteiger partial charge in [-0.2, -0.15) is 0 Å². The summed E-state index contributed by atoms with van der Waals surface area (Å²) < 4.78 is 11.4. The van der Waals surface area contributed by atoms with Crippen molar-refractivity contribution in [3.63, 3.8) is 0 Å². The highest BCUT2D eigenvalue weighted by atomic mass is 16.5. The van der Waals surface area contributed by atoms with Crippen LogP contribution in [-0.4, -0.2) is 63.5 Å². The average molecular weight is 284 g/mol. The number of nitrogens with zero attached hydrogens (tertiary/aromatic N) is 1. The molecule has 2 rings (SSSR count). The molecule has 2 saturated heterocycles. The van der Waals surface area contributed by atoms with Crippen LogP contribution >= 0.6 is 0 Å². The van der Waals surface area contributed by atoms with Crippen molar-refractivity contribution in [3.8, 4) is 0 Å². The number of hydrogen-bond donors (Lipinski definition) is 1. The molecular weight excluding hydrogens is 252 g/mol. The van der Waals surface area contributed by atoms with Crippen LogP contribution in [0.25, 0.3) is 0 Å². The predicted molar refractivity (Wildman–Crippen MR) is 82.1 cm³/mol. The maximum atomic E-state index is 5.74. The number of rotatable bonds is 8. The van der Waals surface area contributed by atoms with Gasteiger partial charge in [-0.15, -0.1) is 0 Å². The summed E-state index contributed by atoms with van der Waals surface area (Å²) in [6, 6.07) is 0. The van der Waals surface area contributed by atoms with Crippen LogP contribution in [-0.2, 0) is 9.47 Å². The van der Waals surface area contributed by atoms with E-state index >= 15 is 0 Å². The second-order valence-corrected chi connectivity index (χ2v) is 6.41. The summed E-state index contributed by atoms with van der Waals surface area (Å²) in [6.45, 7) is 12.8. The zero-order valence-electron chi connectivity index (χ0n) is 13.3. The SMILES string of the molecule is CCCNCC1(CN2CCC(OCC)CC2)CCOC1. The van der Waals surface area contributed by atoms with Gasteiger partial charge in [0.1, 0.15) is 0 Å². The smallest absolute Gasteiger partial charge is 0.0599 e. The Morgan fingerprint density at radius 1 is 1.30 bits per heavy atom. The number of nitrogens with one attached hydrogen (secondary N) is 1. The van der Waals surface area contributed by atoms with Gasteiger partial charge in [-0.05, 0) is 39.2 Å². The van der Waals surface area contributed by atoms with Gasteiger partial charge < -0.3 is 19.7 Å². The Bertz CT molecular complexity index is 259. The molecule has 20 heavy (non-hydrogen) atoms. The van der Waals surface area contributed by atoms with Crippen molar-refractivity contribution in [1.82, 2.24) is 10.2 Å². The predicted octanol–water partition coefficient (Wildman–Crippen LogP) is 1.89. The number of likely N-dealkylation sites (tertiary alicyclic amines) is 1. The Morgan fingerprint density at radius 3 is 2.70 bits per heavy atom. The molecule has 1 atom stereocenters. The van der Waals surface area contributed by atoms with E-state index in [9.17, 15) is 0 Å². The van der Waals surface area contributed by atoms with Crippen molar-refractivity contribution >= 4 is 0 Å². The topological polar surface area (TPSA) is 33.7 Å². The molecule has 0 bridgehead atoms. The zero-order valence-corrected chi connectivity index (χ0v) is 13.3. The second kappa shape index (κ2) is 8.32. The fourth-order valence-corrected chi connectivity index (χ4v) is 3.44. The van der Waals surface area contributed by atoms with Gasteiger partial charge in [-0.3, -0.25) is 0 Å². The monoisotopic (exact) mass is 284 g/mol. The van der Waals surface area contributed by atoms with Crippen LogP contribution in [0.3, 0.4) is 0 Å². The molecule has 0 spiro atoms. The van der Waals surface area contributed by atoms with Gasteiger partial charge in [-0.25, -0.2) is 0 Å². The number of ether oxygens (including phenoxy) is 2. The molecule has 0 aromatic rings. The molecule has 0 amide bonds. The van der Waals surface area contributed by atoms with E-state index in [1.165, 1.54) is 45.3 Å². The van der Waals surface area contributed by atoms with Gasteiger partial charge >= 0.3 is 0 Å². The maximum absolute atomic E-state index is 5.74. The summed E-state index contributed by atoms with van der Waals surface area (Å²) in [5, 5.41) is 3.61. The molecule has 0 radical (unpaired) electrons. The first kappa shape index (κ1) is 16.2. The van der Waals surface area contributed by atoms with Gasteiger partial charge in [-0.1, -0.05) is 6.92 Å². The minimum atomic E-state index is 0.341. The average Bonchev–Trinajstić information content (AvgIpc) is 2.90. The van der Waals surface area contributed by atoms with Crippen LogP contribution in [0.1, 0.15) is 39.5 Å². The van der Waals surface area contributed by atoms with E-state index in [0.717, 1.165) is 32.9 Å². The van der Waals surface area contributed by atoms with Gasteiger partial charge in [0.15, 0.2) is 0 Å². The Kier molecular flexibility index (Phi) is 6.75. The Hall–Kier alpha value is -0.160. The number of piperidine rings is 1. The van der Waals surface area contributed by atoms with E-state index in [4.69, 9.17) is 9.47 Å². The van der Waals surface area contributed by atoms with Crippen molar-refractivity contribution in [1.29, 1.82) is 0 Å². The van der Waals surface area contributed by atoms with E-state index in [-0.39, 0.29) is 0 Å². The Labute approximate surface area is 124 Å². The third-order valence-electron chi connectivity index (χ3n) is 4.61. The normalized spacial score (nSPS) is 29.1. The number of hydrogen-bond acceptors (Lipinski definition) is 4. The minimum Gasteiger partial charge on any atom is -0.381 e. The Morgan fingerprint density at radius 2 is 2.10 bits per heavy atom. The molecule has 2 aliphatic rings. The van der Waals surface area contributed by atoms with Crippen LogP contribution in [0.5, 0.6) is 0 Å². The lowest BCUT2D eigenvalue weighted by molar-refractivity contribution is 0.00259. The minimum absolute atomic E-state index is 0.341. The molecule has 118 valence electrons. The maximum Gasteiger partial charge on any atom is 0.0599 e. The van der Waals surface area contributed by atoms with Crippen LogP contribution in [0.4, 0.5) is 0 Å². The largest absolute Gasteiger partial charge is 0.381 e. The molecule has 2 heterocycles. The van der Waals surface area contributed by atoms with E-state index in [1.807, 2.05) is 0 Å². The summed E-state index contributed by atoms with van der Waals surface area (Å²) >= 11 is 0. The lowest BCUT2D eigenvalue weighted by Crippen LogP contribution is -2.48. The molecular formula is C16H32N2O2. The molecule has 4 heteroatoms. The lowest BCUT2D eigenvalue weighted by Gasteiger charge is -2.38. The molecule has 0 aliphatic carbocycles. The van der Waals surface area contributed by atoms with Crippen LogP contribution < -0.4 is 5.32 Å². The molecule has 2 aliphatic heterocycles. The zero-order chi connectivity index (χ0) is 14.3. The molecule has 0 aromatic carbocycles. The van der Waals surface area contributed by atoms with Crippen LogP contribution in [0.15, 0.2) is 0 Å². The first-order chi connectivity index (χ1) is 9.78. The third-order valence-corrected chi connectivity index (χ3v) is 4.61. The highest BCUT2D eigenvalue weighted by Crippen LogP contribution is 2.30. The van der Waals surface area contributed by atoms with E-state index < -0.39 is 0 Å². The van der Waals surface area contributed by atoms with Crippen LogP contribution in [0.2, 0.25) is 0 Å². The van der Waals surface area contributed by atoms with E-state index in [1.54, 1.807) is 0 Å². The summed E-state index contributed by atoms with van der Waals surface area (Å²) in [5.74, 6) is 0. The van der Waals surface area contributed by atoms with Crippen molar-refractivity contribution < 1.29 is 9.47 Å². The summed E-state index contributed by atoms with van der Waals surface area (Å²) in [4.78, 5) is 2.62. The molecule has 0 aromatic heterocycles. The van der Waals surface area contributed by atoms with Gasteiger partial charge in [0, 0.05) is 44.8 Å². The van der Waals surface area contributed by atoms with Crippen molar-refractivity contribution in [2.24, 2.45) is 5.41 Å². The van der Waals surface area contributed by atoms with Crippen LogP contribution in [0, 0.1) is 5.41 Å². The lowest BCUT2D eigenvalue weighted by atomic mass is 9.85. The molecule has 1 unspecified atom stereocenters. The van der Waals surface area contributed by atoms with Gasteiger partial charge in [0.2, 0.25) is 0 Å². The molecule has 1 N–H and O–H groups in total. The van der Waals surface area contributed by atoms with Crippen molar-refractivity contribution in [2.75, 3.05) is 52.5 Å². The molecule has 2 fully saturated rings. The Balaban J connectivity index is 1.77. The summed E-state index contributed by atoms with van der Waals surface area (Å²) in [7, 11) is 0. The summed E-state index contributed by atoms with van der Waals surface area (Å²) in [6.07, 6.45) is 5.27. The molecule has 4 nitrogen and oxygen atoms in total. The van der Waals surface area contributed by atoms with Gasteiger partial charge in [0.25, 0.3) is 0 Å². The highest BCUT2D eigenvalue weighted by molar-refractivity contribution is 4.89. The molecule has 0 saturated carbocycles.